The lowest BCUT2D eigenvalue weighted by Crippen LogP contribution is -2.30. The second-order valence-electron chi connectivity index (χ2n) is 6.66. The smallest absolute Gasteiger partial charge is 0.355 e. The maximum Gasteiger partial charge on any atom is 0.416 e. The van der Waals surface area contributed by atoms with Crippen LogP contribution in [-0.4, -0.2) is 31.6 Å². The third kappa shape index (κ3) is 3.51. The number of fused-ring (bicyclic) bond motifs is 2. The van der Waals surface area contributed by atoms with Crippen molar-refractivity contribution in [1.29, 1.82) is 0 Å². The maximum absolute atomic E-state index is 13.1. The Labute approximate surface area is 167 Å². The summed E-state index contributed by atoms with van der Waals surface area (Å²) in [6.45, 7) is 1.69. The van der Waals surface area contributed by atoms with E-state index in [0.29, 0.717) is 11.0 Å². The highest BCUT2D eigenvalue weighted by atomic mass is 19.4. The van der Waals surface area contributed by atoms with E-state index in [-0.39, 0.29) is 36.0 Å². The van der Waals surface area contributed by atoms with Gasteiger partial charge in [0.05, 0.1) is 22.3 Å². The van der Waals surface area contributed by atoms with Crippen LogP contribution in [0.25, 0.3) is 28.0 Å². The molecule has 0 saturated heterocycles. The van der Waals surface area contributed by atoms with Crippen LogP contribution in [0.15, 0.2) is 53.3 Å². The summed E-state index contributed by atoms with van der Waals surface area (Å²) in [5.41, 5.74) is 0.536. The number of imidazole rings is 1. The van der Waals surface area contributed by atoms with Crippen molar-refractivity contribution < 1.29 is 18.0 Å². The quantitative estimate of drug-likeness (QED) is 0.556. The van der Waals surface area contributed by atoms with Gasteiger partial charge < -0.3 is 5.32 Å². The van der Waals surface area contributed by atoms with Crippen LogP contribution in [0.3, 0.4) is 0 Å². The molecule has 0 saturated carbocycles. The Hall–Kier alpha value is -3.69. The molecule has 0 unspecified atom stereocenters. The second kappa shape index (κ2) is 7.29. The van der Waals surface area contributed by atoms with Gasteiger partial charge in [0, 0.05) is 20.0 Å². The van der Waals surface area contributed by atoms with Gasteiger partial charge in [0.2, 0.25) is 5.91 Å². The molecule has 2 aromatic carbocycles. The molecule has 1 amide bonds. The summed E-state index contributed by atoms with van der Waals surface area (Å²) in [4.78, 5) is 33.4. The average Bonchev–Trinajstić information content (AvgIpc) is 2.96. The number of nitrogens with one attached hydrogen (secondary N) is 1. The van der Waals surface area contributed by atoms with E-state index in [1.165, 1.54) is 28.2 Å². The van der Waals surface area contributed by atoms with Crippen LogP contribution in [0.4, 0.5) is 13.2 Å². The summed E-state index contributed by atoms with van der Waals surface area (Å²) in [6, 6.07) is 11.3. The van der Waals surface area contributed by atoms with Gasteiger partial charge in [0.1, 0.15) is 0 Å². The lowest BCUT2D eigenvalue weighted by molar-refractivity contribution is -0.137. The van der Waals surface area contributed by atoms with E-state index >= 15 is 0 Å². The molecule has 0 aliphatic heterocycles. The number of hydrogen-bond donors (Lipinski definition) is 1. The largest absolute Gasteiger partial charge is 0.416 e. The van der Waals surface area contributed by atoms with Gasteiger partial charge in [-0.1, -0.05) is 12.1 Å². The lowest BCUT2D eigenvalue weighted by Gasteiger charge is -2.08. The van der Waals surface area contributed by atoms with Crippen LogP contribution < -0.4 is 11.0 Å². The van der Waals surface area contributed by atoms with Crippen LogP contribution in [0, 0.1) is 0 Å². The predicted octanol–water partition coefficient (Wildman–Crippen LogP) is 2.89. The monoisotopic (exact) mass is 415 g/mol. The van der Waals surface area contributed by atoms with E-state index in [4.69, 9.17) is 0 Å². The molecule has 7 nitrogen and oxygen atoms in total. The van der Waals surface area contributed by atoms with Gasteiger partial charge in [-0.3, -0.25) is 9.36 Å². The van der Waals surface area contributed by atoms with Crippen LogP contribution >= 0.6 is 0 Å². The number of hydrogen-bond acceptors (Lipinski definition) is 4. The van der Waals surface area contributed by atoms with Gasteiger partial charge >= 0.3 is 11.9 Å². The number of nitrogens with zero attached hydrogens (tertiary/aromatic N) is 4. The maximum atomic E-state index is 13.1. The highest BCUT2D eigenvalue weighted by molar-refractivity contribution is 5.84. The highest BCUT2D eigenvalue weighted by Gasteiger charge is 2.30. The molecular weight excluding hydrogens is 399 g/mol. The van der Waals surface area contributed by atoms with E-state index in [0.717, 1.165) is 12.1 Å². The summed E-state index contributed by atoms with van der Waals surface area (Å²) in [5, 5.41) is 2.62. The summed E-state index contributed by atoms with van der Waals surface area (Å²) >= 11 is 0. The molecule has 4 rings (SSSR count). The van der Waals surface area contributed by atoms with E-state index in [1.54, 1.807) is 24.3 Å². The van der Waals surface area contributed by atoms with Crippen molar-refractivity contribution in [2.24, 2.45) is 0 Å². The molecule has 30 heavy (non-hydrogen) atoms. The molecule has 10 heteroatoms. The van der Waals surface area contributed by atoms with Gasteiger partial charge in [0.15, 0.2) is 11.3 Å². The van der Waals surface area contributed by atoms with Crippen molar-refractivity contribution in [3.63, 3.8) is 0 Å². The number of alkyl halides is 3. The Balaban J connectivity index is 1.91. The van der Waals surface area contributed by atoms with Gasteiger partial charge in [0.25, 0.3) is 0 Å². The number of benzene rings is 2. The van der Waals surface area contributed by atoms with Crippen molar-refractivity contribution in [2.45, 2.75) is 19.6 Å². The molecule has 4 aromatic rings. The average molecular weight is 415 g/mol. The zero-order valence-corrected chi connectivity index (χ0v) is 15.8. The Morgan fingerprint density at radius 1 is 1.00 bits per heavy atom. The minimum atomic E-state index is -4.48. The third-order valence-corrected chi connectivity index (χ3v) is 4.59. The Morgan fingerprint density at radius 3 is 2.17 bits per heavy atom. The molecule has 0 fully saturated rings. The molecule has 1 N–H and O–H groups in total. The van der Waals surface area contributed by atoms with E-state index in [2.05, 4.69) is 15.3 Å². The number of rotatable bonds is 4. The first kappa shape index (κ1) is 19.6. The lowest BCUT2D eigenvalue weighted by atomic mass is 10.2. The van der Waals surface area contributed by atoms with Crippen LogP contribution in [0.5, 0.6) is 0 Å². The first-order valence-corrected chi connectivity index (χ1v) is 9.06. The minimum absolute atomic E-state index is 0.134. The Bertz CT molecular complexity index is 1310. The molecule has 2 aromatic heterocycles. The molecule has 0 bridgehead atoms. The van der Waals surface area contributed by atoms with E-state index in [1.807, 2.05) is 0 Å². The minimum Gasteiger partial charge on any atom is -0.355 e. The molecule has 0 spiro atoms. The standard InChI is InChI=1S/C20H16F3N5O2/c1-12(29)24-10-11-27-17-18(26-16-5-3-2-4-15(16)25-17)28(19(27)30)14-8-6-13(7-9-14)20(21,22)23/h2-9H,10-11H2,1H3,(H,24,29). The molecule has 0 aliphatic rings. The summed E-state index contributed by atoms with van der Waals surface area (Å²) in [5.74, 6) is -0.244. The zero-order valence-electron chi connectivity index (χ0n) is 15.8. The summed E-state index contributed by atoms with van der Waals surface area (Å²) in [7, 11) is 0. The van der Waals surface area contributed by atoms with Crippen molar-refractivity contribution >= 4 is 28.2 Å². The second-order valence-corrected chi connectivity index (χ2v) is 6.66. The number of carbonyl (C=O) groups excluding carboxylic acids is 1. The SMILES string of the molecule is CC(=O)NCCn1c(=O)n(-c2ccc(C(F)(F)F)cc2)c2nc3ccccc3nc21. The van der Waals surface area contributed by atoms with Gasteiger partial charge in [-0.15, -0.1) is 0 Å². The number of carbonyl (C=O) groups is 1. The van der Waals surface area contributed by atoms with Gasteiger partial charge in [-0.25, -0.2) is 19.3 Å². The normalized spacial score (nSPS) is 11.9. The van der Waals surface area contributed by atoms with Crippen molar-refractivity contribution in [3.05, 3.63) is 64.6 Å². The first-order chi connectivity index (χ1) is 14.3. The highest BCUT2D eigenvalue weighted by Crippen LogP contribution is 2.30. The van der Waals surface area contributed by atoms with E-state index < -0.39 is 17.4 Å². The number of amides is 1. The zero-order chi connectivity index (χ0) is 21.5. The Morgan fingerprint density at radius 2 is 1.60 bits per heavy atom. The molecule has 0 atom stereocenters. The number of halogens is 3. The number of para-hydroxylation sites is 2. The summed E-state index contributed by atoms with van der Waals surface area (Å²) < 4.78 is 41.3. The summed E-state index contributed by atoms with van der Waals surface area (Å²) in [6.07, 6.45) is -4.48. The molecule has 2 heterocycles. The fourth-order valence-electron chi connectivity index (χ4n) is 3.19. The third-order valence-electron chi connectivity index (χ3n) is 4.59. The van der Waals surface area contributed by atoms with Crippen molar-refractivity contribution in [1.82, 2.24) is 24.4 Å². The fraction of sp³-hybridized carbons (Fsp3) is 0.200. The molecule has 0 radical (unpaired) electrons. The van der Waals surface area contributed by atoms with Crippen molar-refractivity contribution in [3.8, 4) is 5.69 Å². The van der Waals surface area contributed by atoms with Crippen LogP contribution in [0.1, 0.15) is 12.5 Å². The van der Waals surface area contributed by atoms with Crippen molar-refractivity contribution in [2.75, 3.05) is 6.54 Å². The fourth-order valence-corrected chi connectivity index (χ4v) is 3.19. The molecular formula is C20H16F3N5O2. The Kier molecular flexibility index (Phi) is 4.76. The molecule has 154 valence electrons. The number of aromatic nitrogens is 4. The van der Waals surface area contributed by atoms with Gasteiger partial charge in [-0.2, -0.15) is 13.2 Å². The molecule has 0 aliphatic carbocycles. The predicted molar refractivity (Wildman–Crippen MR) is 104 cm³/mol. The van der Waals surface area contributed by atoms with Gasteiger partial charge in [-0.05, 0) is 36.4 Å². The van der Waals surface area contributed by atoms with Crippen LogP contribution in [-0.2, 0) is 17.5 Å². The van der Waals surface area contributed by atoms with E-state index in [9.17, 15) is 22.8 Å². The van der Waals surface area contributed by atoms with Crippen LogP contribution in [0.2, 0.25) is 0 Å². The first-order valence-electron chi connectivity index (χ1n) is 9.06. The topological polar surface area (TPSA) is 81.8 Å².